The molecular weight excluding hydrogens is 246 g/mol. The van der Waals surface area contributed by atoms with Crippen LogP contribution in [0.3, 0.4) is 0 Å². The maximum absolute atomic E-state index is 12.1. The standard InChI is InChI=1S/C14H19NO4/c1-14(2,3)19-13(17)15-7-8-18-12-6-4-5-11(16)10(12)9-15/h4-6,16H,7-9H2,1-3H3. The first-order valence-electron chi connectivity index (χ1n) is 6.28. The summed E-state index contributed by atoms with van der Waals surface area (Å²) < 4.78 is 10.9. The Morgan fingerprint density at radius 2 is 2.16 bits per heavy atom. The van der Waals surface area contributed by atoms with Gasteiger partial charge < -0.3 is 19.5 Å². The average Bonchev–Trinajstić information content (AvgIpc) is 2.50. The lowest BCUT2D eigenvalue weighted by Gasteiger charge is -2.26. The zero-order chi connectivity index (χ0) is 14.0. The van der Waals surface area contributed by atoms with E-state index in [1.54, 1.807) is 18.2 Å². The second kappa shape index (κ2) is 4.99. The van der Waals surface area contributed by atoms with Crippen LogP contribution in [0, 0.1) is 0 Å². The second-order valence-corrected chi connectivity index (χ2v) is 5.50. The smallest absolute Gasteiger partial charge is 0.410 e. The Labute approximate surface area is 112 Å². The van der Waals surface area contributed by atoms with Gasteiger partial charge in [-0.25, -0.2) is 4.79 Å². The van der Waals surface area contributed by atoms with Gasteiger partial charge in [-0.3, -0.25) is 0 Å². The summed E-state index contributed by atoms with van der Waals surface area (Å²) >= 11 is 0. The predicted octanol–water partition coefficient (Wildman–Crippen LogP) is 2.52. The van der Waals surface area contributed by atoms with Crippen LogP contribution in [0.25, 0.3) is 0 Å². The van der Waals surface area contributed by atoms with Crippen molar-refractivity contribution in [1.29, 1.82) is 0 Å². The monoisotopic (exact) mass is 265 g/mol. The minimum Gasteiger partial charge on any atom is -0.507 e. The first kappa shape index (κ1) is 13.5. The van der Waals surface area contributed by atoms with Crippen LogP contribution in [0.1, 0.15) is 26.3 Å². The van der Waals surface area contributed by atoms with E-state index < -0.39 is 11.7 Å². The molecule has 0 bridgehead atoms. The molecule has 0 spiro atoms. The summed E-state index contributed by atoms with van der Waals surface area (Å²) in [5.41, 5.74) is 0.0806. The molecule has 1 aliphatic rings. The molecule has 1 heterocycles. The molecule has 5 heteroatoms. The number of carbonyl (C=O) groups is 1. The summed E-state index contributed by atoms with van der Waals surface area (Å²) in [7, 11) is 0. The van der Waals surface area contributed by atoms with Crippen LogP contribution in [0.15, 0.2) is 18.2 Å². The Morgan fingerprint density at radius 3 is 2.84 bits per heavy atom. The zero-order valence-corrected chi connectivity index (χ0v) is 11.5. The molecule has 19 heavy (non-hydrogen) atoms. The van der Waals surface area contributed by atoms with Crippen LogP contribution in [0.5, 0.6) is 11.5 Å². The summed E-state index contributed by atoms with van der Waals surface area (Å²) in [5.74, 6) is 0.749. The number of phenolic OH excluding ortho intramolecular Hbond substituents is 1. The molecule has 1 aliphatic heterocycles. The first-order chi connectivity index (χ1) is 8.87. The molecule has 2 rings (SSSR count). The predicted molar refractivity (Wildman–Crippen MR) is 70.2 cm³/mol. The number of rotatable bonds is 0. The number of nitrogens with zero attached hydrogens (tertiary/aromatic N) is 1. The Bertz CT molecular complexity index is 479. The Balaban J connectivity index is 2.18. The molecule has 0 radical (unpaired) electrons. The fourth-order valence-corrected chi connectivity index (χ4v) is 1.87. The quantitative estimate of drug-likeness (QED) is 0.783. The van der Waals surface area contributed by atoms with Crippen molar-refractivity contribution in [3.63, 3.8) is 0 Å². The van der Waals surface area contributed by atoms with Crippen LogP contribution in [-0.4, -0.2) is 34.9 Å². The van der Waals surface area contributed by atoms with E-state index in [0.717, 1.165) is 0 Å². The van der Waals surface area contributed by atoms with E-state index in [2.05, 4.69) is 0 Å². The normalized spacial score (nSPS) is 15.2. The number of benzene rings is 1. The Morgan fingerprint density at radius 1 is 1.42 bits per heavy atom. The molecule has 1 aromatic carbocycles. The summed E-state index contributed by atoms with van der Waals surface area (Å²) in [6.07, 6.45) is -0.396. The number of hydrogen-bond donors (Lipinski definition) is 1. The van der Waals surface area contributed by atoms with Gasteiger partial charge in [-0.1, -0.05) is 6.07 Å². The zero-order valence-electron chi connectivity index (χ0n) is 11.5. The minimum absolute atomic E-state index is 0.132. The van der Waals surface area contributed by atoms with Crippen molar-refractivity contribution in [3.05, 3.63) is 23.8 Å². The van der Waals surface area contributed by atoms with Crippen molar-refractivity contribution in [3.8, 4) is 11.5 Å². The van der Waals surface area contributed by atoms with E-state index in [1.807, 2.05) is 20.8 Å². The van der Waals surface area contributed by atoms with Crippen molar-refractivity contribution in [1.82, 2.24) is 4.90 Å². The first-order valence-corrected chi connectivity index (χ1v) is 6.28. The van der Waals surface area contributed by atoms with Crippen molar-refractivity contribution in [2.24, 2.45) is 0 Å². The molecule has 1 amide bonds. The number of hydrogen-bond acceptors (Lipinski definition) is 4. The fraction of sp³-hybridized carbons (Fsp3) is 0.500. The van der Waals surface area contributed by atoms with Gasteiger partial charge in [-0.2, -0.15) is 0 Å². The fourth-order valence-electron chi connectivity index (χ4n) is 1.87. The largest absolute Gasteiger partial charge is 0.507 e. The summed E-state index contributed by atoms with van der Waals surface area (Å²) in [6, 6.07) is 5.09. The molecule has 0 unspecified atom stereocenters. The van der Waals surface area contributed by atoms with E-state index >= 15 is 0 Å². The van der Waals surface area contributed by atoms with Gasteiger partial charge in [0.1, 0.15) is 23.7 Å². The minimum atomic E-state index is -0.536. The molecule has 0 aromatic heterocycles. The van der Waals surface area contributed by atoms with E-state index in [9.17, 15) is 9.90 Å². The SMILES string of the molecule is CC(C)(C)OC(=O)N1CCOc2cccc(O)c2C1. The number of carbonyl (C=O) groups excluding carboxylic acids is 1. The lowest BCUT2D eigenvalue weighted by Crippen LogP contribution is -2.37. The highest BCUT2D eigenvalue weighted by Gasteiger charge is 2.26. The Hall–Kier alpha value is -1.91. The van der Waals surface area contributed by atoms with Crippen LogP contribution < -0.4 is 4.74 Å². The van der Waals surface area contributed by atoms with Gasteiger partial charge in [0.05, 0.1) is 18.7 Å². The second-order valence-electron chi connectivity index (χ2n) is 5.50. The molecule has 104 valence electrons. The molecule has 1 N–H and O–H groups in total. The highest BCUT2D eigenvalue weighted by atomic mass is 16.6. The van der Waals surface area contributed by atoms with Crippen molar-refractivity contribution < 1.29 is 19.4 Å². The van der Waals surface area contributed by atoms with Gasteiger partial charge in [0.2, 0.25) is 0 Å². The van der Waals surface area contributed by atoms with Crippen LogP contribution >= 0.6 is 0 Å². The topological polar surface area (TPSA) is 59.0 Å². The number of aromatic hydroxyl groups is 1. The number of ether oxygens (including phenoxy) is 2. The van der Waals surface area contributed by atoms with Crippen LogP contribution in [0.2, 0.25) is 0 Å². The maximum atomic E-state index is 12.1. The number of amides is 1. The van der Waals surface area contributed by atoms with E-state index in [-0.39, 0.29) is 12.3 Å². The molecule has 1 aromatic rings. The molecule has 5 nitrogen and oxygen atoms in total. The van der Waals surface area contributed by atoms with E-state index in [0.29, 0.717) is 24.5 Å². The van der Waals surface area contributed by atoms with Crippen molar-refractivity contribution in [2.75, 3.05) is 13.2 Å². The van der Waals surface area contributed by atoms with Gasteiger partial charge in [0, 0.05) is 0 Å². The van der Waals surface area contributed by atoms with Crippen LogP contribution in [0.4, 0.5) is 4.79 Å². The molecular formula is C14H19NO4. The van der Waals surface area contributed by atoms with Crippen molar-refractivity contribution >= 4 is 6.09 Å². The molecule has 0 aliphatic carbocycles. The number of fused-ring (bicyclic) bond motifs is 1. The Kier molecular flexibility index (Phi) is 3.55. The van der Waals surface area contributed by atoms with Gasteiger partial charge in [-0.05, 0) is 32.9 Å². The van der Waals surface area contributed by atoms with Gasteiger partial charge >= 0.3 is 6.09 Å². The average molecular weight is 265 g/mol. The molecule has 0 atom stereocenters. The number of phenols is 1. The van der Waals surface area contributed by atoms with Gasteiger partial charge in [-0.15, -0.1) is 0 Å². The lowest BCUT2D eigenvalue weighted by atomic mass is 10.1. The van der Waals surface area contributed by atoms with Crippen LogP contribution in [-0.2, 0) is 11.3 Å². The molecule has 0 saturated heterocycles. The van der Waals surface area contributed by atoms with Gasteiger partial charge in [0.15, 0.2) is 0 Å². The third-order valence-corrected chi connectivity index (χ3v) is 2.73. The summed E-state index contributed by atoms with van der Waals surface area (Å²) in [6.45, 7) is 6.58. The lowest BCUT2D eigenvalue weighted by molar-refractivity contribution is 0.0225. The summed E-state index contributed by atoms with van der Waals surface area (Å²) in [5, 5.41) is 9.85. The molecule has 0 fully saturated rings. The third-order valence-electron chi connectivity index (χ3n) is 2.73. The van der Waals surface area contributed by atoms with E-state index in [1.165, 1.54) is 4.90 Å². The van der Waals surface area contributed by atoms with Crippen molar-refractivity contribution in [2.45, 2.75) is 32.9 Å². The third kappa shape index (κ3) is 3.30. The summed E-state index contributed by atoms with van der Waals surface area (Å²) in [4.78, 5) is 13.6. The maximum Gasteiger partial charge on any atom is 0.410 e. The highest BCUT2D eigenvalue weighted by molar-refractivity contribution is 5.68. The molecule has 0 saturated carbocycles. The highest BCUT2D eigenvalue weighted by Crippen LogP contribution is 2.31. The van der Waals surface area contributed by atoms with Gasteiger partial charge in [0.25, 0.3) is 0 Å². The van der Waals surface area contributed by atoms with E-state index in [4.69, 9.17) is 9.47 Å².